The summed E-state index contributed by atoms with van der Waals surface area (Å²) >= 11 is 0. The van der Waals surface area contributed by atoms with Crippen LogP contribution >= 0.6 is 0 Å². The average Bonchev–Trinajstić information content (AvgIpc) is 3.32. The summed E-state index contributed by atoms with van der Waals surface area (Å²) in [6, 6.07) is 22.5. The Balaban J connectivity index is 0.00000128. The Kier molecular flexibility index (Phi) is 10.3. The van der Waals surface area contributed by atoms with E-state index in [1.807, 2.05) is 54.6 Å². The van der Waals surface area contributed by atoms with Crippen LogP contribution in [0.3, 0.4) is 0 Å². The maximum Gasteiger partial charge on any atom is 3.00 e. The maximum atomic E-state index is 4.95. The van der Waals surface area contributed by atoms with Crippen molar-refractivity contribution in [3.63, 3.8) is 0 Å². The molecule has 9 heteroatoms. The first-order valence-corrected chi connectivity index (χ1v) is 9.68. The molecular weight excluding hydrogens is 504 g/mol. The van der Waals surface area contributed by atoms with Gasteiger partial charge >= 0.3 is 18.6 Å². The summed E-state index contributed by atoms with van der Waals surface area (Å²) in [7, 11) is 0. The van der Waals surface area contributed by atoms with Gasteiger partial charge in [-0.05, 0) is 50.2 Å². The minimum absolute atomic E-state index is 0. The number of aromatic nitrogens is 5. The topological polar surface area (TPSA) is 48.5 Å². The molecule has 32 heavy (non-hydrogen) atoms. The maximum absolute atomic E-state index is 4.95. The molecule has 0 radical (unpaired) electrons. The molecule has 3 heterocycles. The smallest absolute Gasteiger partial charge is 1.00 e. The number of halogens is 3. The molecule has 5 rings (SSSR count). The van der Waals surface area contributed by atoms with Crippen molar-refractivity contribution in [2.24, 2.45) is 0 Å². The molecule has 0 atom stereocenters. The molecule has 0 saturated carbocycles. The van der Waals surface area contributed by atoms with Crippen LogP contribution in [0.25, 0.3) is 45.1 Å². The summed E-state index contributed by atoms with van der Waals surface area (Å²) < 4.78 is 4.43. The number of hydrogen-bond donors (Lipinski definition) is 0. The molecule has 0 aliphatic heterocycles. The Hall–Kier alpha value is -2.02. The first-order chi connectivity index (χ1) is 13.8. The van der Waals surface area contributed by atoms with Crippen molar-refractivity contribution in [1.82, 2.24) is 24.1 Å². The van der Waals surface area contributed by atoms with Crippen molar-refractivity contribution >= 4 is 22.1 Å². The van der Waals surface area contributed by atoms with Gasteiger partial charge in [-0.15, -0.1) is 0 Å². The van der Waals surface area contributed by atoms with E-state index in [1.165, 1.54) is 0 Å². The van der Waals surface area contributed by atoms with E-state index in [0.29, 0.717) is 0 Å². The van der Waals surface area contributed by atoms with Crippen LogP contribution < -0.4 is 37.2 Å². The number of imidazole rings is 2. The molecule has 0 aliphatic carbocycles. The molecule has 0 aliphatic rings. The Bertz CT molecular complexity index is 1220. The number of nitrogens with zero attached hydrogens (tertiary/aromatic N) is 5. The van der Waals surface area contributed by atoms with Gasteiger partial charge < -0.3 is 46.4 Å². The van der Waals surface area contributed by atoms with E-state index in [0.717, 1.165) is 58.2 Å². The molecule has 0 bridgehead atoms. The van der Waals surface area contributed by atoms with Crippen molar-refractivity contribution in [2.45, 2.75) is 26.9 Å². The van der Waals surface area contributed by atoms with Crippen molar-refractivity contribution in [3.8, 4) is 23.0 Å². The molecule has 2 aromatic carbocycles. The molecule has 0 unspecified atom stereocenters. The van der Waals surface area contributed by atoms with E-state index >= 15 is 0 Å². The Morgan fingerprint density at radius 2 is 0.969 bits per heavy atom. The van der Waals surface area contributed by atoms with Crippen molar-refractivity contribution in [2.75, 3.05) is 0 Å². The van der Waals surface area contributed by atoms with Crippen molar-refractivity contribution in [1.29, 1.82) is 0 Å². The van der Waals surface area contributed by atoms with E-state index in [2.05, 4.69) is 35.1 Å². The fourth-order valence-electron chi connectivity index (χ4n) is 3.87. The first-order valence-electron chi connectivity index (χ1n) is 9.68. The van der Waals surface area contributed by atoms with E-state index in [1.54, 1.807) is 0 Å². The molecule has 0 fully saturated rings. The second kappa shape index (κ2) is 11.7. The van der Waals surface area contributed by atoms with Gasteiger partial charge in [0.1, 0.15) is 11.4 Å². The minimum atomic E-state index is 0. The monoisotopic (exact) mass is 523 g/mol. The summed E-state index contributed by atoms with van der Waals surface area (Å²) in [5, 5.41) is 0. The van der Waals surface area contributed by atoms with Crippen LogP contribution in [-0.2, 0) is 31.6 Å². The van der Waals surface area contributed by atoms with Crippen LogP contribution in [0.15, 0.2) is 66.7 Å². The van der Waals surface area contributed by atoms with E-state index in [9.17, 15) is 0 Å². The number of para-hydroxylation sites is 4. The molecule has 0 saturated heterocycles. The average molecular weight is 525 g/mol. The number of fused-ring (bicyclic) bond motifs is 2. The second-order valence-electron chi connectivity index (χ2n) is 6.74. The number of benzene rings is 2. The van der Waals surface area contributed by atoms with E-state index in [4.69, 9.17) is 15.0 Å². The van der Waals surface area contributed by atoms with Crippen LogP contribution in [0.1, 0.15) is 13.8 Å². The second-order valence-corrected chi connectivity index (χ2v) is 6.74. The van der Waals surface area contributed by atoms with Crippen LogP contribution in [0.4, 0.5) is 0 Å². The third-order valence-electron chi connectivity index (χ3n) is 5.15. The first kappa shape index (κ1) is 28.0. The SMILES string of the molecule is CCn1c(-c2cccc(-c3nc4ccccc4n3CC)n2)nc2ccccc21.[Cl-].[Cl-].[Cl-].[V+3]. The third-order valence-corrected chi connectivity index (χ3v) is 5.15. The molecule has 164 valence electrons. The van der Waals surface area contributed by atoms with Gasteiger partial charge in [-0.25, -0.2) is 15.0 Å². The van der Waals surface area contributed by atoms with Gasteiger partial charge in [0.05, 0.1) is 22.1 Å². The summed E-state index contributed by atoms with van der Waals surface area (Å²) in [6.45, 7) is 5.96. The Labute approximate surface area is 217 Å². The molecule has 3 aromatic heterocycles. The summed E-state index contributed by atoms with van der Waals surface area (Å²) in [5.41, 5.74) is 5.98. The zero-order chi connectivity index (χ0) is 19.1. The summed E-state index contributed by atoms with van der Waals surface area (Å²) in [5.74, 6) is 1.79. The van der Waals surface area contributed by atoms with Gasteiger partial charge in [0.25, 0.3) is 0 Å². The largest absolute Gasteiger partial charge is 3.00 e. The Morgan fingerprint density at radius 3 is 1.38 bits per heavy atom. The van der Waals surface area contributed by atoms with Crippen LogP contribution in [0.2, 0.25) is 0 Å². The van der Waals surface area contributed by atoms with E-state index < -0.39 is 0 Å². The van der Waals surface area contributed by atoms with E-state index in [-0.39, 0.29) is 55.8 Å². The van der Waals surface area contributed by atoms with Gasteiger partial charge in [0.15, 0.2) is 11.6 Å². The number of hydrogen-bond acceptors (Lipinski definition) is 3. The van der Waals surface area contributed by atoms with Crippen LogP contribution in [-0.4, -0.2) is 24.1 Å². The zero-order valence-electron chi connectivity index (χ0n) is 17.6. The molecule has 0 amide bonds. The van der Waals surface area contributed by atoms with Crippen molar-refractivity contribution < 1.29 is 55.8 Å². The molecule has 0 spiro atoms. The van der Waals surface area contributed by atoms with Gasteiger partial charge in [-0.1, -0.05) is 30.3 Å². The standard InChI is InChI=1S/C23H21N5.3ClH.V/c1-3-27-20-14-7-5-10-16(20)25-22(27)18-12-9-13-19(24-18)23-26-17-11-6-8-15-21(17)28(23)4-2;;;;/h5-15H,3-4H2,1-2H3;3*1H;/q;;;;+3/p-3. The molecule has 5 aromatic rings. The van der Waals surface area contributed by atoms with Crippen LogP contribution in [0, 0.1) is 0 Å². The number of rotatable bonds is 4. The van der Waals surface area contributed by atoms with Crippen molar-refractivity contribution in [3.05, 3.63) is 66.7 Å². The van der Waals surface area contributed by atoms with Gasteiger partial charge in [0.2, 0.25) is 0 Å². The molecule has 5 nitrogen and oxygen atoms in total. The van der Waals surface area contributed by atoms with Crippen LogP contribution in [0.5, 0.6) is 0 Å². The quantitative estimate of drug-likeness (QED) is 0.242. The third kappa shape index (κ3) is 4.68. The molecular formula is C23H21Cl3N5V. The van der Waals surface area contributed by atoms with Gasteiger partial charge in [0, 0.05) is 13.1 Å². The van der Waals surface area contributed by atoms with Gasteiger partial charge in [-0.3, -0.25) is 0 Å². The summed E-state index contributed by atoms with van der Waals surface area (Å²) in [4.78, 5) is 14.6. The normalized spacial score (nSPS) is 10.1. The van der Waals surface area contributed by atoms with Gasteiger partial charge in [-0.2, -0.15) is 0 Å². The predicted octanol–water partition coefficient (Wildman–Crippen LogP) is -3.84. The Morgan fingerprint density at radius 1 is 0.562 bits per heavy atom. The fourth-order valence-corrected chi connectivity index (χ4v) is 3.87. The zero-order valence-corrected chi connectivity index (χ0v) is 21.2. The molecule has 0 N–H and O–H groups in total. The number of pyridine rings is 1. The predicted molar refractivity (Wildman–Crippen MR) is 113 cm³/mol. The minimum Gasteiger partial charge on any atom is -1.00 e. The summed E-state index contributed by atoms with van der Waals surface area (Å²) in [6.07, 6.45) is 0. The number of aryl methyl sites for hydroxylation is 2. The fraction of sp³-hybridized carbons (Fsp3) is 0.174.